The minimum atomic E-state index is -0.458. The molecule has 186 valence electrons. The molecule has 7 heteroatoms. The van der Waals surface area contributed by atoms with E-state index in [4.69, 9.17) is 9.72 Å². The molecule has 0 spiro atoms. The normalized spacial score (nSPS) is 28.3. The maximum atomic E-state index is 12.6. The number of hydrogen-bond acceptors (Lipinski definition) is 6. The van der Waals surface area contributed by atoms with Gasteiger partial charge < -0.3 is 14.5 Å². The van der Waals surface area contributed by atoms with Gasteiger partial charge in [0.2, 0.25) is 0 Å². The van der Waals surface area contributed by atoms with Gasteiger partial charge in [0.15, 0.2) is 0 Å². The van der Waals surface area contributed by atoms with Crippen LogP contribution < -0.4 is 4.90 Å². The molecule has 2 bridgehead atoms. The number of likely N-dealkylation sites (tertiary alicyclic amines) is 1. The monoisotopic (exact) mass is 475 g/mol. The van der Waals surface area contributed by atoms with E-state index < -0.39 is 5.60 Å². The summed E-state index contributed by atoms with van der Waals surface area (Å²) in [5.74, 6) is 1.06. The standard InChI is InChI=1S/C28H37N5O2/c1-19-13-30(14-20-8-6-5-7-9-20)18-25-23-10-11-26(29-24(23)17-31(19)25)32-15-22-12-21(32)16-33(22)27(34)35-28(2,3)4/h5-11,19,21-22,25H,12-18H2,1-4H3/t19-,21+,22+,25-/m1/s1. The molecule has 1 aromatic heterocycles. The maximum absolute atomic E-state index is 12.6. The van der Waals surface area contributed by atoms with Crippen LogP contribution in [-0.4, -0.2) is 75.7 Å². The topological polar surface area (TPSA) is 52.1 Å². The van der Waals surface area contributed by atoms with E-state index >= 15 is 0 Å². The van der Waals surface area contributed by atoms with Gasteiger partial charge in [-0.1, -0.05) is 36.4 Å². The molecule has 4 atom stereocenters. The number of piperazine rings is 2. The minimum Gasteiger partial charge on any atom is -0.444 e. The Hall–Kier alpha value is -2.64. The Balaban J connectivity index is 1.14. The molecule has 5 heterocycles. The van der Waals surface area contributed by atoms with E-state index in [2.05, 4.69) is 64.1 Å². The molecule has 0 unspecified atom stereocenters. The van der Waals surface area contributed by atoms with Gasteiger partial charge in [0.1, 0.15) is 11.4 Å². The maximum Gasteiger partial charge on any atom is 0.410 e. The van der Waals surface area contributed by atoms with Gasteiger partial charge in [0.05, 0.1) is 23.8 Å². The van der Waals surface area contributed by atoms with Crippen molar-refractivity contribution in [3.05, 3.63) is 59.3 Å². The zero-order valence-electron chi connectivity index (χ0n) is 21.4. The first kappa shape index (κ1) is 22.8. The third-order valence-corrected chi connectivity index (χ3v) is 8.02. The van der Waals surface area contributed by atoms with Gasteiger partial charge in [0, 0.05) is 45.3 Å². The van der Waals surface area contributed by atoms with Crippen molar-refractivity contribution in [1.82, 2.24) is 19.7 Å². The van der Waals surface area contributed by atoms with Crippen molar-refractivity contribution in [2.24, 2.45) is 0 Å². The number of ether oxygens (including phenoxy) is 1. The summed E-state index contributed by atoms with van der Waals surface area (Å²) < 4.78 is 5.63. The number of amides is 1. The summed E-state index contributed by atoms with van der Waals surface area (Å²) in [6.45, 7) is 13.8. The molecule has 3 saturated heterocycles. The zero-order valence-corrected chi connectivity index (χ0v) is 21.4. The summed E-state index contributed by atoms with van der Waals surface area (Å²) in [5, 5.41) is 0. The molecule has 0 saturated carbocycles. The summed E-state index contributed by atoms with van der Waals surface area (Å²) in [6, 6.07) is 16.8. The fourth-order valence-corrected chi connectivity index (χ4v) is 6.48. The van der Waals surface area contributed by atoms with E-state index in [1.807, 2.05) is 25.7 Å². The van der Waals surface area contributed by atoms with Crippen molar-refractivity contribution < 1.29 is 9.53 Å². The Morgan fingerprint density at radius 2 is 1.83 bits per heavy atom. The van der Waals surface area contributed by atoms with Crippen molar-refractivity contribution in [1.29, 1.82) is 0 Å². The first-order valence-corrected chi connectivity index (χ1v) is 13.0. The summed E-state index contributed by atoms with van der Waals surface area (Å²) in [4.78, 5) is 27.4. The second kappa shape index (κ2) is 8.49. The van der Waals surface area contributed by atoms with Gasteiger partial charge in [-0.25, -0.2) is 9.78 Å². The number of anilines is 1. The van der Waals surface area contributed by atoms with Crippen LogP contribution >= 0.6 is 0 Å². The first-order chi connectivity index (χ1) is 16.7. The summed E-state index contributed by atoms with van der Waals surface area (Å²) in [6.07, 6.45) is 0.815. The Kier molecular flexibility index (Phi) is 5.53. The Bertz CT molecular complexity index is 1100. The highest BCUT2D eigenvalue weighted by atomic mass is 16.6. The van der Waals surface area contributed by atoms with Crippen LogP contribution in [0.4, 0.5) is 10.6 Å². The second-order valence-electron chi connectivity index (χ2n) is 11.8. The molecule has 4 aliphatic heterocycles. The number of fused-ring (bicyclic) bond motifs is 5. The summed E-state index contributed by atoms with van der Waals surface area (Å²) in [7, 11) is 0. The highest BCUT2D eigenvalue weighted by Gasteiger charge is 2.47. The predicted molar refractivity (Wildman–Crippen MR) is 136 cm³/mol. The van der Waals surface area contributed by atoms with Gasteiger partial charge in [-0.15, -0.1) is 0 Å². The van der Waals surface area contributed by atoms with Crippen LogP contribution in [0.15, 0.2) is 42.5 Å². The molecule has 2 aromatic rings. The van der Waals surface area contributed by atoms with Crippen molar-refractivity contribution in [2.45, 2.75) is 77.0 Å². The third-order valence-electron chi connectivity index (χ3n) is 8.02. The molecule has 3 fully saturated rings. The fraction of sp³-hybridized carbons (Fsp3) is 0.571. The van der Waals surface area contributed by atoms with Crippen LogP contribution in [0.25, 0.3) is 0 Å². The van der Waals surface area contributed by atoms with Gasteiger partial charge in [-0.3, -0.25) is 9.80 Å². The van der Waals surface area contributed by atoms with Gasteiger partial charge in [-0.05, 0) is 51.3 Å². The van der Waals surface area contributed by atoms with Crippen LogP contribution in [0, 0.1) is 0 Å². The number of rotatable bonds is 3. The summed E-state index contributed by atoms with van der Waals surface area (Å²) in [5.41, 5.74) is 3.54. The van der Waals surface area contributed by atoms with Crippen molar-refractivity contribution in [3.8, 4) is 0 Å². The Morgan fingerprint density at radius 1 is 1.03 bits per heavy atom. The van der Waals surface area contributed by atoms with E-state index in [-0.39, 0.29) is 12.1 Å². The zero-order chi connectivity index (χ0) is 24.3. The number of pyridine rings is 1. The van der Waals surface area contributed by atoms with E-state index in [0.29, 0.717) is 18.1 Å². The lowest BCUT2D eigenvalue weighted by atomic mass is 10.0. The highest BCUT2D eigenvalue weighted by molar-refractivity contribution is 5.70. The van der Waals surface area contributed by atoms with E-state index in [9.17, 15) is 4.79 Å². The number of carbonyl (C=O) groups is 1. The SMILES string of the molecule is C[C@@H]1CN(Cc2ccccc2)C[C@@H]2c3ccc(N4C[C@@H]5C[C@H]4CN5C(=O)OC(C)(C)C)nc3CN12. The predicted octanol–water partition coefficient (Wildman–Crippen LogP) is 4.04. The van der Waals surface area contributed by atoms with Crippen LogP contribution in [-0.2, 0) is 17.8 Å². The first-order valence-electron chi connectivity index (χ1n) is 13.0. The number of aromatic nitrogens is 1. The van der Waals surface area contributed by atoms with Gasteiger partial charge in [-0.2, -0.15) is 0 Å². The largest absolute Gasteiger partial charge is 0.444 e. The molecule has 4 aliphatic rings. The fourth-order valence-electron chi connectivity index (χ4n) is 6.48. The Morgan fingerprint density at radius 3 is 2.54 bits per heavy atom. The molecule has 35 heavy (non-hydrogen) atoms. The van der Waals surface area contributed by atoms with Crippen LogP contribution in [0.2, 0.25) is 0 Å². The third kappa shape index (κ3) is 4.29. The molecule has 1 aromatic carbocycles. The number of hydrogen-bond donors (Lipinski definition) is 0. The molecule has 1 amide bonds. The lowest BCUT2D eigenvalue weighted by Crippen LogP contribution is -2.50. The van der Waals surface area contributed by atoms with E-state index in [0.717, 1.165) is 51.5 Å². The number of benzene rings is 1. The van der Waals surface area contributed by atoms with Gasteiger partial charge >= 0.3 is 6.09 Å². The van der Waals surface area contributed by atoms with Crippen LogP contribution in [0.3, 0.4) is 0 Å². The lowest BCUT2D eigenvalue weighted by Gasteiger charge is -2.42. The van der Waals surface area contributed by atoms with Crippen molar-refractivity contribution in [2.75, 3.05) is 31.1 Å². The molecule has 0 radical (unpaired) electrons. The lowest BCUT2D eigenvalue weighted by molar-refractivity contribution is 0.0214. The van der Waals surface area contributed by atoms with Gasteiger partial charge in [0.25, 0.3) is 0 Å². The average molecular weight is 476 g/mol. The van der Waals surface area contributed by atoms with E-state index in [1.165, 1.54) is 16.8 Å². The molecule has 7 nitrogen and oxygen atoms in total. The molecule has 0 N–H and O–H groups in total. The van der Waals surface area contributed by atoms with Crippen LogP contribution in [0.5, 0.6) is 0 Å². The Labute approximate surface area is 208 Å². The van der Waals surface area contributed by atoms with Crippen molar-refractivity contribution >= 4 is 11.9 Å². The molecule has 0 aliphatic carbocycles. The quantitative estimate of drug-likeness (QED) is 0.668. The smallest absolute Gasteiger partial charge is 0.410 e. The van der Waals surface area contributed by atoms with E-state index in [1.54, 1.807) is 0 Å². The molecular weight excluding hydrogens is 438 g/mol. The minimum absolute atomic E-state index is 0.183. The van der Waals surface area contributed by atoms with Crippen LogP contribution in [0.1, 0.15) is 57.0 Å². The molecular formula is C28H37N5O2. The molecule has 6 rings (SSSR count). The summed E-state index contributed by atoms with van der Waals surface area (Å²) >= 11 is 0. The second-order valence-corrected chi connectivity index (χ2v) is 11.8. The van der Waals surface area contributed by atoms with Crippen molar-refractivity contribution in [3.63, 3.8) is 0 Å². The number of carbonyl (C=O) groups excluding carboxylic acids is 1. The average Bonchev–Trinajstić information content (AvgIpc) is 3.51. The highest BCUT2D eigenvalue weighted by Crippen LogP contribution is 2.41. The number of nitrogens with zero attached hydrogens (tertiary/aromatic N) is 5.